The molecule has 7 heteroatoms. The van der Waals surface area contributed by atoms with Gasteiger partial charge in [-0.25, -0.2) is 15.0 Å². The lowest BCUT2D eigenvalue weighted by molar-refractivity contribution is -0.141. The van der Waals surface area contributed by atoms with Gasteiger partial charge in [0.2, 0.25) is 5.28 Å². The van der Waals surface area contributed by atoms with Gasteiger partial charge in [-0.2, -0.15) is 13.2 Å². The van der Waals surface area contributed by atoms with E-state index >= 15 is 0 Å². The van der Waals surface area contributed by atoms with Gasteiger partial charge in [0.1, 0.15) is 5.69 Å². The van der Waals surface area contributed by atoms with Crippen molar-refractivity contribution in [1.29, 1.82) is 0 Å². The van der Waals surface area contributed by atoms with Crippen molar-refractivity contribution in [2.45, 2.75) is 6.18 Å². The predicted octanol–water partition coefficient (Wildman–Crippen LogP) is 4.36. The quantitative estimate of drug-likeness (QED) is 0.627. The van der Waals surface area contributed by atoms with Gasteiger partial charge in [-0.3, -0.25) is 0 Å². The topological polar surface area (TPSA) is 38.7 Å². The van der Waals surface area contributed by atoms with E-state index in [9.17, 15) is 13.2 Å². The van der Waals surface area contributed by atoms with E-state index in [0.29, 0.717) is 11.2 Å². The van der Waals surface area contributed by atoms with Gasteiger partial charge < -0.3 is 0 Å². The minimum absolute atomic E-state index is 0.0353. The average molecular weight is 310 g/mol. The molecule has 0 amide bonds. The Balaban J connectivity index is 2.16. The second kappa shape index (κ2) is 4.96. The molecule has 0 bridgehead atoms. The molecule has 0 aliphatic rings. The minimum Gasteiger partial charge on any atom is -0.246 e. The van der Waals surface area contributed by atoms with Crippen LogP contribution < -0.4 is 0 Å². The molecule has 0 unspecified atom stereocenters. The monoisotopic (exact) mass is 309 g/mol. The zero-order valence-corrected chi connectivity index (χ0v) is 11.2. The second-order valence-electron chi connectivity index (χ2n) is 4.29. The highest BCUT2D eigenvalue weighted by atomic mass is 35.5. The van der Waals surface area contributed by atoms with Crippen LogP contribution in [0, 0.1) is 0 Å². The Morgan fingerprint density at radius 1 is 0.857 bits per heavy atom. The van der Waals surface area contributed by atoms with Crippen molar-refractivity contribution >= 4 is 22.5 Å². The first-order valence-corrected chi connectivity index (χ1v) is 6.29. The van der Waals surface area contributed by atoms with Gasteiger partial charge in [-0.1, -0.05) is 24.3 Å². The normalized spacial score (nSPS) is 11.8. The Bertz CT molecular complexity index is 818. The molecule has 2 aromatic heterocycles. The molecule has 0 saturated carbocycles. The highest BCUT2D eigenvalue weighted by molar-refractivity contribution is 6.28. The lowest BCUT2D eigenvalue weighted by atomic mass is 10.1. The SMILES string of the molecule is FC(F)(F)c1cc(-c2ccc3ccccc3n2)nc(Cl)n1. The molecule has 0 N–H and O–H groups in total. The zero-order valence-electron chi connectivity index (χ0n) is 10.4. The third-order valence-corrected chi connectivity index (χ3v) is 3.02. The summed E-state index contributed by atoms with van der Waals surface area (Å²) in [6.07, 6.45) is -4.59. The fourth-order valence-electron chi connectivity index (χ4n) is 1.90. The van der Waals surface area contributed by atoms with Crippen molar-refractivity contribution < 1.29 is 13.2 Å². The zero-order chi connectivity index (χ0) is 15.0. The molecule has 2 heterocycles. The number of fused-ring (bicyclic) bond motifs is 1. The van der Waals surface area contributed by atoms with Gasteiger partial charge in [-0.05, 0) is 29.8 Å². The number of nitrogens with zero attached hydrogens (tertiary/aromatic N) is 3. The Kier molecular flexibility index (Phi) is 3.25. The maximum Gasteiger partial charge on any atom is 0.433 e. The summed E-state index contributed by atoms with van der Waals surface area (Å²) in [5.74, 6) is 0. The van der Waals surface area contributed by atoms with Crippen molar-refractivity contribution in [1.82, 2.24) is 15.0 Å². The fraction of sp³-hybridized carbons (Fsp3) is 0.0714. The Morgan fingerprint density at radius 2 is 1.62 bits per heavy atom. The van der Waals surface area contributed by atoms with Gasteiger partial charge in [0.25, 0.3) is 0 Å². The van der Waals surface area contributed by atoms with Gasteiger partial charge >= 0.3 is 6.18 Å². The Hall–Kier alpha value is -2.21. The fourth-order valence-corrected chi connectivity index (χ4v) is 2.09. The second-order valence-corrected chi connectivity index (χ2v) is 4.63. The van der Waals surface area contributed by atoms with Crippen LogP contribution in [0.25, 0.3) is 22.3 Å². The molecule has 1 aromatic carbocycles. The van der Waals surface area contributed by atoms with E-state index in [0.717, 1.165) is 11.5 Å². The summed E-state index contributed by atoms with van der Waals surface area (Å²) in [4.78, 5) is 11.3. The van der Waals surface area contributed by atoms with E-state index in [4.69, 9.17) is 11.6 Å². The number of benzene rings is 1. The smallest absolute Gasteiger partial charge is 0.246 e. The number of hydrogen-bond acceptors (Lipinski definition) is 3. The van der Waals surface area contributed by atoms with Crippen molar-refractivity contribution in [2.24, 2.45) is 0 Å². The van der Waals surface area contributed by atoms with Crippen LogP contribution >= 0.6 is 11.6 Å². The molecule has 0 fully saturated rings. The van der Waals surface area contributed by atoms with E-state index < -0.39 is 17.2 Å². The van der Waals surface area contributed by atoms with Crippen molar-refractivity contribution in [2.75, 3.05) is 0 Å². The third kappa shape index (κ3) is 2.80. The third-order valence-electron chi connectivity index (χ3n) is 2.85. The first kappa shape index (κ1) is 13.8. The van der Waals surface area contributed by atoms with Crippen LogP contribution in [0.5, 0.6) is 0 Å². The van der Waals surface area contributed by atoms with E-state index in [2.05, 4.69) is 15.0 Å². The van der Waals surface area contributed by atoms with Crippen LogP contribution in [0.4, 0.5) is 13.2 Å². The van der Waals surface area contributed by atoms with Crippen LogP contribution in [0.2, 0.25) is 5.28 Å². The van der Waals surface area contributed by atoms with Crippen LogP contribution in [-0.4, -0.2) is 15.0 Å². The molecule has 0 saturated heterocycles. The maximum absolute atomic E-state index is 12.7. The predicted molar refractivity (Wildman–Crippen MR) is 72.8 cm³/mol. The Labute approximate surface area is 122 Å². The molecule has 3 aromatic rings. The van der Waals surface area contributed by atoms with Crippen molar-refractivity contribution in [3.8, 4) is 11.4 Å². The molecular weight excluding hydrogens is 303 g/mol. The molecule has 21 heavy (non-hydrogen) atoms. The van der Waals surface area contributed by atoms with Crippen LogP contribution in [-0.2, 0) is 6.18 Å². The number of halogens is 4. The summed E-state index contributed by atoms with van der Waals surface area (Å²) in [6.45, 7) is 0. The Morgan fingerprint density at radius 3 is 2.38 bits per heavy atom. The highest BCUT2D eigenvalue weighted by Gasteiger charge is 2.33. The number of alkyl halides is 3. The standard InChI is InChI=1S/C14H7ClF3N3/c15-13-20-11(7-12(21-13)14(16,17)18)10-6-5-8-3-1-2-4-9(8)19-10/h1-7H. The van der Waals surface area contributed by atoms with Gasteiger partial charge in [0.05, 0.1) is 16.9 Å². The van der Waals surface area contributed by atoms with E-state index in [1.807, 2.05) is 12.1 Å². The number of rotatable bonds is 1. The molecule has 0 aliphatic heterocycles. The highest BCUT2D eigenvalue weighted by Crippen LogP contribution is 2.31. The van der Waals surface area contributed by atoms with Gasteiger partial charge in [0, 0.05) is 5.39 Å². The minimum atomic E-state index is -4.59. The number of para-hydroxylation sites is 1. The summed E-state index contributed by atoms with van der Waals surface area (Å²) in [5.41, 5.74) is -0.0812. The lowest BCUT2D eigenvalue weighted by Gasteiger charge is -2.08. The van der Waals surface area contributed by atoms with Gasteiger partial charge in [0.15, 0.2) is 0 Å². The van der Waals surface area contributed by atoms with Crippen LogP contribution in [0.15, 0.2) is 42.5 Å². The lowest BCUT2D eigenvalue weighted by Crippen LogP contribution is -2.09. The summed E-state index contributed by atoms with van der Waals surface area (Å²) < 4.78 is 38.2. The summed E-state index contributed by atoms with van der Waals surface area (Å²) in [6, 6.07) is 11.5. The molecule has 0 aliphatic carbocycles. The van der Waals surface area contributed by atoms with Crippen molar-refractivity contribution in [3.05, 3.63) is 53.4 Å². The maximum atomic E-state index is 12.7. The largest absolute Gasteiger partial charge is 0.433 e. The molecule has 0 atom stereocenters. The average Bonchev–Trinajstić information content (AvgIpc) is 2.45. The molecule has 0 spiro atoms. The number of aromatic nitrogens is 3. The summed E-state index contributed by atoms with van der Waals surface area (Å²) >= 11 is 5.57. The molecule has 106 valence electrons. The molecular formula is C14H7ClF3N3. The first-order chi connectivity index (χ1) is 9.93. The van der Waals surface area contributed by atoms with E-state index in [1.54, 1.807) is 24.3 Å². The van der Waals surface area contributed by atoms with Crippen molar-refractivity contribution in [3.63, 3.8) is 0 Å². The molecule has 3 nitrogen and oxygen atoms in total. The number of hydrogen-bond donors (Lipinski definition) is 0. The van der Waals surface area contributed by atoms with E-state index in [-0.39, 0.29) is 5.69 Å². The number of pyridine rings is 1. The van der Waals surface area contributed by atoms with Crippen LogP contribution in [0.3, 0.4) is 0 Å². The summed E-state index contributed by atoms with van der Waals surface area (Å²) in [5, 5.41) is 0.423. The van der Waals surface area contributed by atoms with Crippen LogP contribution in [0.1, 0.15) is 5.69 Å². The molecule has 3 rings (SSSR count). The molecule has 0 radical (unpaired) electrons. The summed E-state index contributed by atoms with van der Waals surface area (Å²) in [7, 11) is 0. The van der Waals surface area contributed by atoms with Gasteiger partial charge in [-0.15, -0.1) is 0 Å². The first-order valence-electron chi connectivity index (χ1n) is 5.91. The van der Waals surface area contributed by atoms with E-state index in [1.165, 1.54) is 0 Å².